The van der Waals surface area contributed by atoms with Crippen molar-refractivity contribution in [1.82, 2.24) is 20.6 Å². The lowest BCUT2D eigenvalue weighted by atomic mass is 9.87. The Labute approximate surface area is 195 Å². The Bertz CT molecular complexity index is 1280. The minimum atomic E-state index is -0.694. The predicted octanol–water partition coefficient (Wildman–Crippen LogP) is 3.17. The molecule has 5 rings (SSSR count). The van der Waals surface area contributed by atoms with Gasteiger partial charge in [-0.3, -0.25) is 9.78 Å². The summed E-state index contributed by atoms with van der Waals surface area (Å²) >= 11 is 0. The maximum atomic E-state index is 14.0. The van der Waals surface area contributed by atoms with Crippen LogP contribution in [0.1, 0.15) is 34.5 Å². The van der Waals surface area contributed by atoms with Crippen molar-refractivity contribution >= 4 is 11.6 Å². The van der Waals surface area contributed by atoms with Gasteiger partial charge in [0.15, 0.2) is 0 Å². The third kappa shape index (κ3) is 4.20. The molecular formula is C25H22F2N6O. The van der Waals surface area contributed by atoms with Crippen molar-refractivity contribution in [1.29, 1.82) is 5.26 Å². The molecule has 2 aliphatic heterocycles. The summed E-state index contributed by atoms with van der Waals surface area (Å²) in [7, 11) is 0. The molecule has 7 nitrogen and oxygen atoms in total. The van der Waals surface area contributed by atoms with Crippen LogP contribution in [0.4, 0.5) is 14.5 Å². The van der Waals surface area contributed by atoms with Crippen LogP contribution in [0.25, 0.3) is 11.1 Å². The predicted molar refractivity (Wildman–Crippen MR) is 122 cm³/mol. The molecule has 2 N–H and O–H groups in total. The van der Waals surface area contributed by atoms with E-state index >= 15 is 0 Å². The first-order valence-corrected chi connectivity index (χ1v) is 11.0. The molecule has 1 unspecified atom stereocenters. The lowest BCUT2D eigenvalue weighted by Gasteiger charge is -2.40. The Morgan fingerprint density at radius 3 is 2.68 bits per heavy atom. The molecule has 0 saturated carbocycles. The number of anilines is 1. The molecule has 1 spiro atoms. The second kappa shape index (κ2) is 8.80. The lowest BCUT2D eigenvalue weighted by Crippen LogP contribution is -2.58. The van der Waals surface area contributed by atoms with E-state index in [1.165, 1.54) is 24.5 Å². The van der Waals surface area contributed by atoms with Crippen molar-refractivity contribution in [2.75, 3.05) is 24.5 Å². The molecule has 0 radical (unpaired) electrons. The number of aromatic nitrogens is 2. The van der Waals surface area contributed by atoms with Crippen LogP contribution in [-0.4, -0.2) is 41.0 Å². The standard InChI is InChI=1S/C25H22F2N6O/c26-18-8-17(9-19(27)10-18)21-13-29-14-22(23(21)33-6-3-25(15-33)2-5-32-25)24(34)31-12-16-1-4-30-20(7-16)11-28/h1,4,7-10,13-14,32H,2-3,5-6,12,15H2,(H,31,34). The number of hydrogen-bond donors (Lipinski definition) is 2. The van der Waals surface area contributed by atoms with Gasteiger partial charge in [0.25, 0.3) is 5.91 Å². The number of pyridine rings is 2. The fourth-order valence-electron chi connectivity index (χ4n) is 4.69. The van der Waals surface area contributed by atoms with Gasteiger partial charge in [-0.15, -0.1) is 0 Å². The number of rotatable bonds is 5. The number of benzene rings is 1. The molecule has 2 saturated heterocycles. The zero-order chi connectivity index (χ0) is 23.7. The Morgan fingerprint density at radius 1 is 1.21 bits per heavy atom. The topological polar surface area (TPSA) is 93.9 Å². The van der Waals surface area contributed by atoms with Gasteiger partial charge in [0.05, 0.1) is 11.3 Å². The number of nitrogens with zero attached hydrogens (tertiary/aromatic N) is 4. The molecule has 1 atom stereocenters. The van der Waals surface area contributed by atoms with Crippen LogP contribution in [0.5, 0.6) is 0 Å². The SMILES string of the molecule is N#Cc1cc(CNC(=O)c2cncc(-c3cc(F)cc(F)c3)c2N2CCC3(CCN3)C2)ccn1. The zero-order valence-electron chi connectivity index (χ0n) is 18.3. The molecule has 4 heterocycles. The Morgan fingerprint density at radius 2 is 2.00 bits per heavy atom. The van der Waals surface area contributed by atoms with Crippen molar-refractivity contribution in [3.05, 3.63) is 77.4 Å². The highest BCUT2D eigenvalue weighted by Gasteiger charge is 2.43. The molecule has 2 fully saturated rings. The normalized spacial score (nSPS) is 19.0. The Hall–Kier alpha value is -3.90. The van der Waals surface area contributed by atoms with Gasteiger partial charge < -0.3 is 15.5 Å². The van der Waals surface area contributed by atoms with E-state index in [4.69, 9.17) is 5.26 Å². The molecular weight excluding hydrogens is 438 g/mol. The van der Waals surface area contributed by atoms with Crippen LogP contribution in [0.15, 0.2) is 48.9 Å². The van der Waals surface area contributed by atoms with Crippen LogP contribution < -0.4 is 15.5 Å². The number of carbonyl (C=O) groups is 1. The lowest BCUT2D eigenvalue weighted by molar-refractivity contribution is 0.0951. The van der Waals surface area contributed by atoms with Gasteiger partial charge in [0.1, 0.15) is 23.4 Å². The highest BCUT2D eigenvalue weighted by molar-refractivity contribution is 6.03. The zero-order valence-corrected chi connectivity index (χ0v) is 18.3. The quantitative estimate of drug-likeness (QED) is 0.608. The molecule has 2 aliphatic rings. The number of hydrogen-bond acceptors (Lipinski definition) is 6. The van der Waals surface area contributed by atoms with Crippen LogP contribution >= 0.6 is 0 Å². The van der Waals surface area contributed by atoms with E-state index in [0.717, 1.165) is 31.0 Å². The summed E-state index contributed by atoms with van der Waals surface area (Å²) < 4.78 is 28.1. The number of nitrogens with one attached hydrogen (secondary N) is 2. The van der Waals surface area contributed by atoms with Gasteiger partial charge in [-0.05, 0) is 54.8 Å². The molecule has 3 aromatic rings. The smallest absolute Gasteiger partial charge is 0.255 e. The van der Waals surface area contributed by atoms with E-state index < -0.39 is 11.6 Å². The van der Waals surface area contributed by atoms with E-state index in [-0.39, 0.29) is 23.7 Å². The van der Waals surface area contributed by atoms with Crippen LogP contribution in [0.3, 0.4) is 0 Å². The summed E-state index contributed by atoms with van der Waals surface area (Å²) in [5, 5.41) is 15.4. The highest BCUT2D eigenvalue weighted by atomic mass is 19.1. The number of halogens is 2. The van der Waals surface area contributed by atoms with E-state index in [9.17, 15) is 13.6 Å². The van der Waals surface area contributed by atoms with Crippen molar-refractivity contribution in [3.8, 4) is 17.2 Å². The van der Waals surface area contributed by atoms with Crippen molar-refractivity contribution in [3.63, 3.8) is 0 Å². The Balaban J connectivity index is 1.51. The Kier molecular flexibility index (Phi) is 5.67. The third-order valence-electron chi connectivity index (χ3n) is 6.50. The van der Waals surface area contributed by atoms with Crippen LogP contribution in [0.2, 0.25) is 0 Å². The maximum absolute atomic E-state index is 14.0. The van der Waals surface area contributed by atoms with Crippen molar-refractivity contribution < 1.29 is 13.6 Å². The van der Waals surface area contributed by atoms with Crippen molar-refractivity contribution in [2.24, 2.45) is 0 Å². The first-order valence-electron chi connectivity index (χ1n) is 11.0. The van der Waals surface area contributed by atoms with E-state index in [2.05, 4.69) is 25.5 Å². The summed E-state index contributed by atoms with van der Waals surface area (Å²) in [5.41, 5.74) is 2.76. The molecule has 1 amide bonds. The van der Waals surface area contributed by atoms with Gasteiger partial charge in [0, 0.05) is 55.4 Å². The molecule has 9 heteroatoms. The fourth-order valence-corrected chi connectivity index (χ4v) is 4.69. The summed E-state index contributed by atoms with van der Waals surface area (Å²) in [6.07, 6.45) is 6.50. The van der Waals surface area contributed by atoms with Crippen LogP contribution in [-0.2, 0) is 6.54 Å². The first kappa shape index (κ1) is 21.9. The summed E-state index contributed by atoms with van der Waals surface area (Å²) in [6, 6.07) is 8.63. The average molecular weight is 460 g/mol. The second-order valence-corrected chi connectivity index (χ2v) is 8.71. The van der Waals surface area contributed by atoms with E-state index in [0.29, 0.717) is 35.5 Å². The van der Waals surface area contributed by atoms with Gasteiger partial charge in [-0.1, -0.05) is 0 Å². The molecule has 2 aromatic heterocycles. The van der Waals surface area contributed by atoms with Gasteiger partial charge in [-0.2, -0.15) is 5.26 Å². The molecule has 172 valence electrons. The first-order chi connectivity index (χ1) is 16.5. The van der Waals surface area contributed by atoms with Crippen molar-refractivity contribution in [2.45, 2.75) is 24.9 Å². The van der Waals surface area contributed by atoms with E-state index in [1.807, 2.05) is 6.07 Å². The van der Waals surface area contributed by atoms with Gasteiger partial charge >= 0.3 is 0 Å². The summed E-state index contributed by atoms with van der Waals surface area (Å²) in [4.78, 5) is 23.6. The minimum Gasteiger partial charge on any atom is -0.368 e. The molecule has 0 bridgehead atoms. The molecule has 0 aliphatic carbocycles. The third-order valence-corrected chi connectivity index (χ3v) is 6.50. The minimum absolute atomic E-state index is 0.00616. The van der Waals surface area contributed by atoms with Gasteiger partial charge in [-0.25, -0.2) is 13.8 Å². The largest absolute Gasteiger partial charge is 0.368 e. The van der Waals surface area contributed by atoms with E-state index in [1.54, 1.807) is 18.3 Å². The number of carbonyl (C=O) groups excluding carboxylic acids is 1. The fraction of sp³-hybridized carbons (Fsp3) is 0.280. The molecule has 1 aromatic carbocycles. The number of amides is 1. The number of nitriles is 1. The highest BCUT2D eigenvalue weighted by Crippen LogP contribution is 2.40. The average Bonchev–Trinajstić information content (AvgIpc) is 3.28. The maximum Gasteiger partial charge on any atom is 0.255 e. The van der Waals surface area contributed by atoms with Crippen LogP contribution in [0, 0.1) is 23.0 Å². The summed E-state index contributed by atoms with van der Waals surface area (Å²) in [6.45, 7) is 2.55. The monoisotopic (exact) mass is 460 g/mol. The molecule has 34 heavy (non-hydrogen) atoms. The van der Waals surface area contributed by atoms with Gasteiger partial charge in [0.2, 0.25) is 0 Å². The second-order valence-electron chi connectivity index (χ2n) is 8.71. The summed E-state index contributed by atoms with van der Waals surface area (Å²) in [5.74, 6) is -1.75.